The van der Waals surface area contributed by atoms with E-state index in [1.807, 2.05) is 58.5 Å². The molecular formula is C24H18N4O2S. The van der Waals surface area contributed by atoms with Crippen molar-refractivity contribution < 1.29 is 4.79 Å². The van der Waals surface area contributed by atoms with Crippen LogP contribution in [0.5, 0.6) is 0 Å². The Bertz CT molecular complexity index is 1400. The van der Waals surface area contributed by atoms with E-state index in [2.05, 4.69) is 15.3 Å². The first kappa shape index (κ1) is 19.1. The smallest absolute Gasteiger partial charge is 0.240 e. The van der Waals surface area contributed by atoms with E-state index in [-0.39, 0.29) is 17.9 Å². The van der Waals surface area contributed by atoms with Gasteiger partial charge >= 0.3 is 0 Å². The Hall–Kier alpha value is -3.84. The number of amides is 1. The van der Waals surface area contributed by atoms with Crippen molar-refractivity contribution in [1.29, 1.82) is 0 Å². The fraction of sp³-hybridized carbons (Fsp3) is 0.0833. The Morgan fingerprint density at radius 3 is 2.26 bits per heavy atom. The van der Waals surface area contributed by atoms with Crippen LogP contribution in [0.4, 0.5) is 0 Å². The standard InChI is InChI=1S/C24H18N4O2S/c29-22(26-13-23-27-19(15-31-23)16-9-11-25-12-10-16)14-28-20-7-3-1-5-17(20)24(30)18-6-2-4-8-21(18)28/h1-12,15H,13-14H2,(H,26,29). The molecule has 7 heteroatoms. The summed E-state index contributed by atoms with van der Waals surface area (Å²) in [5.41, 5.74) is 3.34. The number of rotatable bonds is 5. The van der Waals surface area contributed by atoms with Crippen molar-refractivity contribution in [3.05, 3.63) is 93.7 Å². The predicted molar refractivity (Wildman–Crippen MR) is 123 cm³/mol. The van der Waals surface area contributed by atoms with Crippen molar-refractivity contribution in [3.63, 3.8) is 0 Å². The van der Waals surface area contributed by atoms with Crippen LogP contribution >= 0.6 is 11.3 Å². The Morgan fingerprint density at radius 1 is 0.935 bits per heavy atom. The average Bonchev–Trinajstić information content (AvgIpc) is 3.30. The molecule has 3 heterocycles. The highest BCUT2D eigenvalue weighted by Gasteiger charge is 2.13. The van der Waals surface area contributed by atoms with Crippen LogP contribution < -0.4 is 10.7 Å². The molecule has 5 rings (SSSR count). The maximum absolute atomic E-state index is 12.8. The third kappa shape index (κ3) is 3.71. The molecule has 1 N–H and O–H groups in total. The van der Waals surface area contributed by atoms with E-state index in [1.165, 1.54) is 11.3 Å². The molecule has 6 nitrogen and oxygen atoms in total. The average molecular weight is 427 g/mol. The van der Waals surface area contributed by atoms with Gasteiger partial charge in [-0.05, 0) is 36.4 Å². The molecule has 5 aromatic rings. The second-order valence-corrected chi connectivity index (χ2v) is 8.03. The van der Waals surface area contributed by atoms with Crippen molar-refractivity contribution in [2.24, 2.45) is 0 Å². The van der Waals surface area contributed by atoms with Crippen LogP contribution in [0.1, 0.15) is 5.01 Å². The topological polar surface area (TPSA) is 76.9 Å². The van der Waals surface area contributed by atoms with E-state index in [4.69, 9.17) is 0 Å². The molecular weight excluding hydrogens is 408 g/mol. The quantitative estimate of drug-likeness (QED) is 0.431. The molecule has 0 fully saturated rings. The van der Waals surface area contributed by atoms with Gasteiger partial charge in [-0.1, -0.05) is 24.3 Å². The molecule has 0 saturated carbocycles. The van der Waals surface area contributed by atoms with Crippen molar-refractivity contribution in [2.45, 2.75) is 13.1 Å². The predicted octanol–water partition coefficient (Wildman–Crippen LogP) is 3.99. The number of thiazole rings is 1. The van der Waals surface area contributed by atoms with E-state index < -0.39 is 0 Å². The van der Waals surface area contributed by atoms with Gasteiger partial charge in [-0.25, -0.2) is 4.98 Å². The molecule has 0 bridgehead atoms. The van der Waals surface area contributed by atoms with E-state index >= 15 is 0 Å². The van der Waals surface area contributed by atoms with Crippen LogP contribution in [0.15, 0.2) is 83.2 Å². The van der Waals surface area contributed by atoms with Gasteiger partial charge in [-0.15, -0.1) is 11.3 Å². The summed E-state index contributed by atoms with van der Waals surface area (Å²) in [5.74, 6) is -0.139. The largest absolute Gasteiger partial charge is 0.348 e. The number of carbonyl (C=O) groups is 1. The fourth-order valence-electron chi connectivity index (χ4n) is 3.67. The Balaban J connectivity index is 1.39. The normalized spacial score (nSPS) is 11.1. The number of benzene rings is 2. The highest BCUT2D eigenvalue weighted by Crippen LogP contribution is 2.21. The summed E-state index contributed by atoms with van der Waals surface area (Å²) in [6, 6.07) is 18.6. The Labute approximate surface area is 181 Å². The summed E-state index contributed by atoms with van der Waals surface area (Å²) >= 11 is 1.51. The summed E-state index contributed by atoms with van der Waals surface area (Å²) in [5, 5.41) is 6.97. The molecule has 0 aliphatic carbocycles. The van der Waals surface area contributed by atoms with Crippen LogP contribution in [0, 0.1) is 0 Å². The van der Waals surface area contributed by atoms with Crippen LogP contribution in [-0.2, 0) is 17.9 Å². The van der Waals surface area contributed by atoms with Gasteiger partial charge in [-0.3, -0.25) is 14.6 Å². The molecule has 0 radical (unpaired) electrons. The second-order valence-electron chi connectivity index (χ2n) is 7.09. The van der Waals surface area contributed by atoms with Gasteiger partial charge in [0, 0.05) is 34.1 Å². The third-order valence-electron chi connectivity index (χ3n) is 5.15. The molecule has 0 saturated heterocycles. The van der Waals surface area contributed by atoms with E-state index in [0.717, 1.165) is 27.3 Å². The van der Waals surface area contributed by atoms with Crippen LogP contribution in [0.25, 0.3) is 33.1 Å². The van der Waals surface area contributed by atoms with Gasteiger partial charge in [0.2, 0.25) is 5.91 Å². The number of aromatic nitrogens is 3. The number of fused-ring (bicyclic) bond motifs is 2. The van der Waals surface area contributed by atoms with Crippen molar-refractivity contribution in [2.75, 3.05) is 0 Å². The summed E-state index contributed by atoms with van der Waals surface area (Å²) in [4.78, 5) is 34.2. The third-order valence-corrected chi connectivity index (χ3v) is 5.99. The van der Waals surface area contributed by atoms with Gasteiger partial charge in [0.1, 0.15) is 11.6 Å². The lowest BCUT2D eigenvalue weighted by Gasteiger charge is -2.14. The monoisotopic (exact) mass is 426 g/mol. The first-order valence-corrected chi connectivity index (χ1v) is 10.7. The first-order chi connectivity index (χ1) is 15.2. The number of para-hydroxylation sites is 2. The summed E-state index contributed by atoms with van der Waals surface area (Å²) in [6.45, 7) is 0.467. The lowest BCUT2D eigenvalue weighted by molar-refractivity contribution is -0.121. The SMILES string of the molecule is O=C(Cn1c2ccccc2c(=O)c2ccccc21)NCc1nc(-c2ccncc2)cs1. The number of pyridine rings is 2. The Kier molecular flexibility index (Phi) is 5.01. The highest BCUT2D eigenvalue weighted by atomic mass is 32.1. The minimum absolute atomic E-state index is 0.0192. The maximum atomic E-state index is 12.8. The molecule has 0 unspecified atom stereocenters. The summed E-state index contributed by atoms with van der Waals surface area (Å²) < 4.78 is 1.89. The first-order valence-electron chi connectivity index (χ1n) is 9.82. The van der Waals surface area contributed by atoms with Crippen molar-refractivity contribution in [1.82, 2.24) is 19.9 Å². The minimum atomic E-state index is -0.139. The van der Waals surface area contributed by atoms with E-state index in [0.29, 0.717) is 17.3 Å². The van der Waals surface area contributed by atoms with Gasteiger partial charge in [0.05, 0.1) is 23.3 Å². The molecule has 31 heavy (non-hydrogen) atoms. The lowest BCUT2D eigenvalue weighted by Crippen LogP contribution is -2.28. The van der Waals surface area contributed by atoms with E-state index in [9.17, 15) is 9.59 Å². The van der Waals surface area contributed by atoms with Crippen LogP contribution in [-0.4, -0.2) is 20.4 Å². The van der Waals surface area contributed by atoms with Crippen molar-refractivity contribution in [3.8, 4) is 11.3 Å². The second kappa shape index (κ2) is 8.12. The number of hydrogen-bond donors (Lipinski definition) is 1. The zero-order valence-corrected chi connectivity index (χ0v) is 17.3. The molecule has 0 aliphatic rings. The summed E-state index contributed by atoms with van der Waals surface area (Å²) in [7, 11) is 0. The molecule has 3 aromatic heterocycles. The van der Waals surface area contributed by atoms with Gasteiger partial charge in [0.15, 0.2) is 5.43 Å². The number of hydrogen-bond acceptors (Lipinski definition) is 5. The molecule has 0 aliphatic heterocycles. The highest BCUT2D eigenvalue weighted by molar-refractivity contribution is 7.09. The van der Waals surface area contributed by atoms with Crippen LogP contribution in [0.2, 0.25) is 0 Å². The number of nitrogens with zero attached hydrogens (tertiary/aromatic N) is 3. The molecule has 0 spiro atoms. The van der Waals surface area contributed by atoms with E-state index in [1.54, 1.807) is 24.5 Å². The molecule has 2 aromatic carbocycles. The van der Waals surface area contributed by atoms with Gasteiger partial charge < -0.3 is 9.88 Å². The zero-order chi connectivity index (χ0) is 21.2. The lowest BCUT2D eigenvalue weighted by atomic mass is 10.1. The fourth-order valence-corrected chi connectivity index (χ4v) is 4.41. The maximum Gasteiger partial charge on any atom is 0.240 e. The van der Waals surface area contributed by atoms with Gasteiger partial charge in [-0.2, -0.15) is 0 Å². The molecule has 1 amide bonds. The molecule has 0 atom stereocenters. The van der Waals surface area contributed by atoms with Crippen LogP contribution in [0.3, 0.4) is 0 Å². The van der Waals surface area contributed by atoms with Crippen molar-refractivity contribution >= 4 is 39.0 Å². The number of carbonyl (C=O) groups excluding carboxylic acids is 1. The molecule has 152 valence electrons. The van der Waals surface area contributed by atoms with Gasteiger partial charge in [0.25, 0.3) is 0 Å². The summed E-state index contributed by atoms with van der Waals surface area (Å²) in [6.07, 6.45) is 3.46. The zero-order valence-electron chi connectivity index (χ0n) is 16.5. The Morgan fingerprint density at radius 2 is 1.58 bits per heavy atom. The minimum Gasteiger partial charge on any atom is -0.348 e. The number of nitrogens with one attached hydrogen (secondary N) is 1.